The van der Waals surface area contributed by atoms with Gasteiger partial charge in [0, 0.05) is 13.1 Å². The average molecular weight is 415 g/mol. The van der Waals surface area contributed by atoms with E-state index in [1.165, 1.54) is 0 Å². The fourth-order valence-corrected chi connectivity index (χ4v) is 4.10. The zero-order chi connectivity index (χ0) is 20.4. The van der Waals surface area contributed by atoms with Gasteiger partial charge in [0.1, 0.15) is 11.2 Å². The molecule has 3 aromatic rings. The van der Waals surface area contributed by atoms with Gasteiger partial charge in [-0.25, -0.2) is 9.48 Å². The smallest absolute Gasteiger partial charge is 0.345 e. The largest absolute Gasteiger partial charge is 0.462 e. The molecule has 0 radical (unpaired) electrons. The van der Waals surface area contributed by atoms with Crippen molar-refractivity contribution >= 4 is 34.3 Å². The van der Waals surface area contributed by atoms with Crippen LogP contribution >= 0.6 is 11.6 Å². The number of ether oxygens (including phenoxy) is 1. The number of hydrogen-bond acceptors (Lipinski definition) is 5. The Kier molecular flexibility index (Phi) is 5.58. The number of aromatic nitrogens is 3. The van der Waals surface area contributed by atoms with E-state index in [9.17, 15) is 9.59 Å². The van der Waals surface area contributed by atoms with E-state index in [1.807, 2.05) is 30.3 Å². The van der Waals surface area contributed by atoms with Crippen molar-refractivity contribution in [1.82, 2.24) is 14.8 Å². The Bertz CT molecular complexity index is 1070. The van der Waals surface area contributed by atoms with E-state index in [1.54, 1.807) is 17.8 Å². The van der Waals surface area contributed by atoms with Crippen molar-refractivity contribution in [2.45, 2.75) is 31.7 Å². The van der Waals surface area contributed by atoms with Gasteiger partial charge in [0.15, 0.2) is 0 Å². The lowest BCUT2D eigenvalue weighted by atomic mass is 10.1. The Morgan fingerprint density at radius 2 is 2.00 bits per heavy atom. The zero-order valence-corrected chi connectivity index (χ0v) is 17.0. The van der Waals surface area contributed by atoms with Crippen molar-refractivity contribution in [3.05, 3.63) is 58.0 Å². The van der Waals surface area contributed by atoms with Crippen LogP contribution in [0.4, 0.5) is 5.69 Å². The minimum absolute atomic E-state index is 0.0475. The molecular formula is C21H23ClN4O3. The lowest BCUT2D eigenvalue weighted by Gasteiger charge is -2.21. The van der Waals surface area contributed by atoms with Crippen molar-refractivity contribution in [3.63, 3.8) is 0 Å². The highest BCUT2D eigenvalue weighted by atomic mass is 35.5. The number of nitrogens with zero attached hydrogens (tertiary/aromatic N) is 3. The van der Waals surface area contributed by atoms with E-state index >= 15 is 0 Å². The Labute approximate surface area is 173 Å². The fraction of sp³-hybridized carbons (Fsp3) is 0.381. The summed E-state index contributed by atoms with van der Waals surface area (Å²) in [5.41, 5.74) is 1.73. The molecule has 4 rings (SSSR count). The van der Waals surface area contributed by atoms with Crippen LogP contribution in [0, 0.1) is 0 Å². The van der Waals surface area contributed by atoms with Crippen molar-refractivity contribution in [3.8, 4) is 0 Å². The summed E-state index contributed by atoms with van der Waals surface area (Å²) in [5.74, 6) is -0.607. The first-order valence-corrected chi connectivity index (χ1v) is 10.3. The highest BCUT2D eigenvalue weighted by Crippen LogP contribution is 2.32. The summed E-state index contributed by atoms with van der Waals surface area (Å²) in [5, 5.41) is 4.89. The third kappa shape index (κ3) is 3.74. The van der Waals surface area contributed by atoms with E-state index in [0.717, 1.165) is 36.9 Å². The molecule has 3 heterocycles. The van der Waals surface area contributed by atoms with Crippen LogP contribution in [0.15, 0.2) is 41.3 Å². The molecule has 0 amide bonds. The second-order valence-corrected chi connectivity index (χ2v) is 7.59. The van der Waals surface area contributed by atoms with Crippen LogP contribution in [0.5, 0.6) is 0 Å². The number of pyridine rings is 1. The summed E-state index contributed by atoms with van der Waals surface area (Å²) < 4.78 is 6.84. The Morgan fingerprint density at radius 1 is 1.28 bits per heavy atom. The molecule has 0 saturated carbocycles. The molecule has 7 nitrogen and oxygen atoms in total. The number of rotatable bonds is 6. The lowest BCUT2D eigenvalue weighted by molar-refractivity contribution is 0.0525. The maximum atomic E-state index is 12.9. The minimum Gasteiger partial charge on any atom is -0.462 e. The lowest BCUT2D eigenvalue weighted by Crippen LogP contribution is -2.28. The zero-order valence-electron chi connectivity index (χ0n) is 16.2. The van der Waals surface area contributed by atoms with Crippen LogP contribution in [0.25, 0.3) is 11.0 Å². The van der Waals surface area contributed by atoms with Gasteiger partial charge in [-0.05, 0) is 25.3 Å². The van der Waals surface area contributed by atoms with Crippen molar-refractivity contribution in [1.29, 1.82) is 0 Å². The summed E-state index contributed by atoms with van der Waals surface area (Å²) in [6.45, 7) is 3.90. The van der Waals surface area contributed by atoms with Crippen LogP contribution in [0.2, 0.25) is 0 Å². The molecule has 0 bridgehead atoms. The molecule has 1 N–H and O–H groups in total. The summed E-state index contributed by atoms with van der Waals surface area (Å²) >= 11 is 6.59. The van der Waals surface area contributed by atoms with Crippen LogP contribution in [-0.2, 0) is 11.3 Å². The molecule has 2 aromatic heterocycles. The molecule has 29 heavy (non-hydrogen) atoms. The molecule has 1 aromatic carbocycles. The van der Waals surface area contributed by atoms with E-state index in [2.05, 4.69) is 15.0 Å². The van der Waals surface area contributed by atoms with Crippen LogP contribution < -0.4 is 10.5 Å². The summed E-state index contributed by atoms with van der Waals surface area (Å²) in [6.07, 6.45) is 3.72. The number of H-pyrrole nitrogens is 1. The second-order valence-electron chi connectivity index (χ2n) is 7.06. The maximum absolute atomic E-state index is 12.9. The predicted molar refractivity (Wildman–Crippen MR) is 113 cm³/mol. The Balaban J connectivity index is 1.80. The number of benzene rings is 1. The highest BCUT2D eigenvalue weighted by Gasteiger charge is 2.28. The standard InChI is InChI=1S/C21H23ClN4O3/c1-2-29-21(28)17-18(25-10-6-7-11-25)15-12-23-26(19(15)24-20(17)27)13-16(22)14-8-4-3-5-9-14/h3-5,8-9,12,16H,2,6-7,10-11,13H2,1H3,(H,24,27). The number of fused-ring (bicyclic) bond motifs is 1. The number of esters is 1. The van der Waals surface area contributed by atoms with E-state index < -0.39 is 11.5 Å². The van der Waals surface area contributed by atoms with E-state index in [0.29, 0.717) is 17.9 Å². The molecule has 1 atom stereocenters. The van der Waals surface area contributed by atoms with E-state index in [-0.39, 0.29) is 17.5 Å². The second kappa shape index (κ2) is 8.29. The number of aromatic amines is 1. The topological polar surface area (TPSA) is 80.2 Å². The van der Waals surface area contributed by atoms with Gasteiger partial charge in [-0.15, -0.1) is 11.6 Å². The molecule has 1 aliphatic rings. The predicted octanol–water partition coefficient (Wildman–Crippen LogP) is 3.48. The summed E-state index contributed by atoms with van der Waals surface area (Å²) in [4.78, 5) is 30.3. The number of alkyl halides is 1. The first-order chi connectivity index (χ1) is 14.1. The average Bonchev–Trinajstić information content (AvgIpc) is 3.38. The SMILES string of the molecule is CCOC(=O)c1c(N2CCCC2)c2cnn(CC(Cl)c3ccccc3)c2[nH]c1=O. The van der Waals surface area contributed by atoms with Crippen LogP contribution in [-0.4, -0.2) is 40.4 Å². The quantitative estimate of drug-likeness (QED) is 0.493. The fourth-order valence-electron chi connectivity index (χ4n) is 3.82. The van der Waals surface area contributed by atoms with Gasteiger partial charge >= 0.3 is 5.97 Å². The van der Waals surface area contributed by atoms with Gasteiger partial charge in [-0.3, -0.25) is 4.79 Å². The summed E-state index contributed by atoms with van der Waals surface area (Å²) in [7, 11) is 0. The third-order valence-corrected chi connectivity index (χ3v) is 5.58. The molecular weight excluding hydrogens is 392 g/mol. The number of nitrogens with one attached hydrogen (secondary N) is 1. The molecule has 152 valence electrons. The monoisotopic (exact) mass is 414 g/mol. The highest BCUT2D eigenvalue weighted by molar-refractivity contribution is 6.20. The normalized spacial score (nSPS) is 15.0. The van der Waals surface area contributed by atoms with Crippen molar-refractivity contribution in [2.24, 2.45) is 0 Å². The van der Waals surface area contributed by atoms with Crippen molar-refractivity contribution < 1.29 is 9.53 Å². The third-order valence-electron chi connectivity index (χ3n) is 5.19. The van der Waals surface area contributed by atoms with Crippen molar-refractivity contribution in [2.75, 3.05) is 24.6 Å². The van der Waals surface area contributed by atoms with Gasteiger partial charge in [-0.2, -0.15) is 5.10 Å². The van der Waals surface area contributed by atoms with Gasteiger partial charge in [0.05, 0.1) is 35.8 Å². The molecule has 1 unspecified atom stereocenters. The maximum Gasteiger partial charge on any atom is 0.345 e. The molecule has 0 aliphatic carbocycles. The first-order valence-electron chi connectivity index (χ1n) is 9.83. The number of carbonyl (C=O) groups excluding carboxylic acids is 1. The van der Waals surface area contributed by atoms with Gasteiger partial charge in [0.25, 0.3) is 5.56 Å². The molecule has 0 spiro atoms. The van der Waals surface area contributed by atoms with Gasteiger partial charge in [-0.1, -0.05) is 30.3 Å². The molecule has 1 fully saturated rings. The number of hydrogen-bond donors (Lipinski definition) is 1. The summed E-state index contributed by atoms with van der Waals surface area (Å²) in [6, 6.07) is 9.73. The Morgan fingerprint density at radius 3 is 2.69 bits per heavy atom. The van der Waals surface area contributed by atoms with Gasteiger partial charge < -0.3 is 14.6 Å². The minimum atomic E-state index is -0.607. The molecule has 1 saturated heterocycles. The molecule has 1 aliphatic heterocycles. The van der Waals surface area contributed by atoms with Gasteiger partial charge in [0.2, 0.25) is 0 Å². The first kappa shape index (κ1) is 19.5. The number of halogens is 1. The van der Waals surface area contributed by atoms with Crippen LogP contribution in [0.1, 0.15) is 41.1 Å². The van der Waals surface area contributed by atoms with Crippen LogP contribution in [0.3, 0.4) is 0 Å². The van der Waals surface area contributed by atoms with E-state index in [4.69, 9.17) is 16.3 Å². The number of carbonyl (C=O) groups is 1. The molecule has 8 heteroatoms. The number of anilines is 1. The Hall–Kier alpha value is -2.80.